The van der Waals surface area contributed by atoms with E-state index in [0.717, 1.165) is 39.6 Å². The summed E-state index contributed by atoms with van der Waals surface area (Å²) in [5, 5.41) is 5.89. The fourth-order valence-electron chi connectivity index (χ4n) is 2.94. The zero-order valence-corrected chi connectivity index (χ0v) is 13.1. The monoisotopic (exact) mass is 298 g/mol. The molecule has 0 unspecified atom stereocenters. The molecule has 0 aliphatic heterocycles. The number of nitrogens with zero attached hydrogens (tertiary/aromatic N) is 1. The number of aryl methyl sites for hydroxylation is 1. The van der Waals surface area contributed by atoms with Gasteiger partial charge >= 0.3 is 0 Å². The van der Waals surface area contributed by atoms with Crippen molar-refractivity contribution in [1.82, 2.24) is 4.98 Å². The van der Waals surface area contributed by atoms with Crippen LogP contribution in [0, 0.1) is 0 Å². The standard InChI is InChI=1S/C21H18N2/c1-2-15-11-13-16(14-12-15)22-21-17-7-3-5-9-19(17)23-20-10-6-4-8-18(20)21/h3-14H,2H2,1H3,(H,22,23). The van der Waals surface area contributed by atoms with E-state index in [1.807, 2.05) is 12.1 Å². The molecule has 0 saturated carbocycles. The molecule has 0 saturated heterocycles. The summed E-state index contributed by atoms with van der Waals surface area (Å²) in [6, 6.07) is 25.2. The Bertz CT molecular complexity index is 918. The predicted octanol–water partition coefficient (Wildman–Crippen LogP) is 5.69. The van der Waals surface area contributed by atoms with Gasteiger partial charge in [-0.2, -0.15) is 0 Å². The SMILES string of the molecule is CCc1ccc(Nc2c3ccccc3nc3ccccc23)cc1. The number of para-hydroxylation sites is 2. The molecule has 0 aliphatic carbocycles. The molecular formula is C21H18N2. The van der Waals surface area contributed by atoms with E-state index in [-0.39, 0.29) is 0 Å². The smallest absolute Gasteiger partial charge is 0.0730 e. The Morgan fingerprint density at radius 2 is 1.30 bits per heavy atom. The molecule has 4 aromatic rings. The van der Waals surface area contributed by atoms with Crippen LogP contribution in [-0.2, 0) is 6.42 Å². The van der Waals surface area contributed by atoms with Crippen molar-refractivity contribution in [3.63, 3.8) is 0 Å². The number of fused-ring (bicyclic) bond motifs is 2. The first-order valence-corrected chi connectivity index (χ1v) is 7.98. The van der Waals surface area contributed by atoms with E-state index < -0.39 is 0 Å². The Morgan fingerprint density at radius 1 is 0.739 bits per heavy atom. The summed E-state index contributed by atoms with van der Waals surface area (Å²) in [5.41, 5.74) is 5.59. The van der Waals surface area contributed by atoms with E-state index in [1.54, 1.807) is 0 Å². The lowest BCUT2D eigenvalue weighted by Gasteiger charge is -2.13. The molecule has 0 fully saturated rings. The maximum absolute atomic E-state index is 4.77. The van der Waals surface area contributed by atoms with Gasteiger partial charge in [0.25, 0.3) is 0 Å². The third kappa shape index (κ3) is 2.53. The molecule has 4 rings (SSSR count). The minimum absolute atomic E-state index is 1.01. The van der Waals surface area contributed by atoms with Gasteiger partial charge in [-0.1, -0.05) is 55.5 Å². The summed E-state index contributed by atoms with van der Waals surface area (Å²) in [6.45, 7) is 2.17. The minimum Gasteiger partial charge on any atom is -0.354 e. The number of benzene rings is 3. The molecule has 2 nitrogen and oxygen atoms in total. The molecule has 23 heavy (non-hydrogen) atoms. The van der Waals surface area contributed by atoms with Gasteiger partial charge < -0.3 is 5.32 Å². The highest BCUT2D eigenvalue weighted by Gasteiger charge is 2.08. The van der Waals surface area contributed by atoms with Gasteiger partial charge in [0.05, 0.1) is 16.7 Å². The van der Waals surface area contributed by atoms with Crippen LogP contribution >= 0.6 is 0 Å². The van der Waals surface area contributed by atoms with Crippen LogP contribution in [0.5, 0.6) is 0 Å². The van der Waals surface area contributed by atoms with Crippen molar-refractivity contribution in [2.75, 3.05) is 5.32 Å². The maximum Gasteiger partial charge on any atom is 0.0730 e. The lowest BCUT2D eigenvalue weighted by molar-refractivity contribution is 1.14. The fourth-order valence-corrected chi connectivity index (χ4v) is 2.94. The number of nitrogens with one attached hydrogen (secondary N) is 1. The van der Waals surface area contributed by atoms with E-state index in [9.17, 15) is 0 Å². The number of aromatic nitrogens is 1. The topological polar surface area (TPSA) is 24.9 Å². The van der Waals surface area contributed by atoms with Gasteiger partial charge in [0.2, 0.25) is 0 Å². The van der Waals surface area contributed by atoms with Crippen LogP contribution in [0.15, 0.2) is 72.8 Å². The second kappa shape index (κ2) is 5.73. The van der Waals surface area contributed by atoms with Crippen LogP contribution in [0.1, 0.15) is 12.5 Å². The molecule has 112 valence electrons. The first-order valence-electron chi connectivity index (χ1n) is 7.98. The first kappa shape index (κ1) is 13.8. The average molecular weight is 298 g/mol. The van der Waals surface area contributed by atoms with Crippen molar-refractivity contribution in [2.24, 2.45) is 0 Å². The third-order valence-electron chi connectivity index (χ3n) is 4.22. The predicted molar refractivity (Wildman–Crippen MR) is 98.4 cm³/mol. The van der Waals surface area contributed by atoms with E-state index in [0.29, 0.717) is 0 Å². The normalized spacial score (nSPS) is 11.0. The summed E-state index contributed by atoms with van der Waals surface area (Å²) in [4.78, 5) is 4.77. The van der Waals surface area contributed by atoms with Gasteiger partial charge in [0, 0.05) is 16.5 Å². The maximum atomic E-state index is 4.77. The quantitative estimate of drug-likeness (QED) is 0.491. The zero-order valence-electron chi connectivity index (χ0n) is 13.1. The van der Waals surface area contributed by atoms with Crippen molar-refractivity contribution in [3.05, 3.63) is 78.4 Å². The molecule has 1 aromatic heterocycles. The van der Waals surface area contributed by atoms with E-state index in [1.165, 1.54) is 5.56 Å². The van der Waals surface area contributed by atoms with Crippen LogP contribution in [0.4, 0.5) is 11.4 Å². The highest BCUT2D eigenvalue weighted by Crippen LogP contribution is 2.32. The number of pyridine rings is 1. The molecule has 0 aliphatic rings. The van der Waals surface area contributed by atoms with Crippen LogP contribution in [-0.4, -0.2) is 4.98 Å². The highest BCUT2D eigenvalue weighted by molar-refractivity contribution is 6.08. The number of hydrogen-bond donors (Lipinski definition) is 1. The Balaban J connectivity index is 1.91. The average Bonchev–Trinajstić information content (AvgIpc) is 2.62. The molecule has 0 bridgehead atoms. The summed E-state index contributed by atoms with van der Waals surface area (Å²) in [5.74, 6) is 0. The number of anilines is 2. The molecule has 0 amide bonds. The van der Waals surface area contributed by atoms with Crippen molar-refractivity contribution in [3.8, 4) is 0 Å². The Morgan fingerprint density at radius 3 is 1.87 bits per heavy atom. The van der Waals surface area contributed by atoms with Gasteiger partial charge in [-0.25, -0.2) is 4.98 Å². The Kier molecular flexibility index (Phi) is 3.43. The largest absolute Gasteiger partial charge is 0.354 e. The molecule has 1 N–H and O–H groups in total. The van der Waals surface area contributed by atoms with Gasteiger partial charge in [0.15, 0.2) is 0 Å². The van der Waals surface area contributed by atoms with E-state index >= 15 is 0 Å². The van der Waals surface area contributed by atoms with Gasteiger partial charge in [-0.05, 0) is 36.2 Å². The van der Waals surface area contributed by atoms with Crippen LogP contribution in [0.25, 0.3) is 21.8 Å². The summed E-state index contributed by atoms with van der Waals surface area (Å²) in [7, 11) is 0. The summed E-state index contributed by atoms with van der Waals surface area (Å²) < 4.78 is 0. The minimum atomic E-state index is 1.01. The van der Waals surface area contributed by atoms with Gasteiger partial charge in [-0.15, -0.1) is 0 Å². The zero-order chi connectivity index (χ0) is 15.6. The highest BCUT2D eigenvalue weighted by atomic mass is 14.9. The summed E-state index contributed by atoms with van der Waals surface area (Å²) in [6.07, 6.45) is 1.06. The summed E-state index contributed by atoms with van der Waals surface area (Å²) >= 11 is 0. The third-order valence-corrected chi connectivity index (χ3v) is 4.22. The van der Waals surface area contributed by atoms with E-state index in [2.05, 4.69) is 72.9 Å². The fraction of sp³-hybridized carbons (Fsp3) is 0.0952. The van der Waals surface area contributed by atoms with E-state index in [4.69, 9.17) is 4.98 Å². The molecular weight excluding hydrogens is 280 g/mol. The Hall–Kier alpha value is -2.87. The van der Waals surface area contributed by atoms with Crippen molar-refractivity contribution in [2.45, 2.75) is 13.3 Å². The van der Waals surface area contributed by atoms with Crippen molar-refractivity contribution in [1.29, 1.82) is 0 Å². The molecule has 0 spiro atoms. The molecule has 1 heterocycles. The van der Waals surface area contributed by atoms with Crippen LogP contribution in [0.2, 0.25) is 0 Å². The van der Waals surface area contributed by atoms with Gasteiger partial charge in [0.1, 0.15) is 0 Å². The Labute approximate surface area is 135 Å². The lowest BCUT2D eigenvalue weighted by atomic mass is 10.1. The molecule has 0 atom stereocenters. The first-order chi connectivity index (χ1) is 11.3. The lowest BCUT2D eigenvalue weighted by Crippen LogP contribution is -1.95. The second-order valence-electron chi connectivity index (χ2n) is 5.70. The number of hydrogen-bond acceptors (Lipinski definition) is 2. The molecule has 3 aromatic carbocycles. The van der Waals surface area contributed by atoms with Crippen molar-refractivity contribution < 1.29 is 0 Å². The van der Waals surface area contributed by atoms with Crippen LogP contribution in [0.3, 0.4) is 0 Å². The molecule has 0 radical (unpaired) electrons. The molecule has 2 heteroatoms. The van der Waals surface area contributed by atoms with Gasteiger partial charge in [-0.3, -0.25) is 0 Å². The second-order valence-corrected chi connectivity index (χ2v) is 5.70. The van der Waals surface area contributed by atoms with Crippen molar-refractivity contribution >= 4 is 33.2 Å². The number of rotatable bonds is 3. The van der Waals surface area contributed by atoms with Crippen LogP contribution < -0.4 is 5.32 Å².